The van der Waals surface area contributed by atoms with E-state index < -0.39 is 0 Å². The molecule has 0 N–H and O–H groups in total. The van der Waals surface area contributed by atoms with Gasteiger partial charge in [-0.15, -0.1) is 10.2 Å². The van der Waals surface area contributed by atoms with Crippen LogP contribution in [0.3, 0.4) is 0 Å². The van der Waals surface area contributed by atoms with Gasteiger partial charge in [0.05, 0.1) is 0 Å². The second kappa shape index (κ2) is 8.89. The number of rotatable bonds is 5. The van der Waals surface area contributed by atoms with Crippen LogP contribution in [0.1, 0.15) is 11.1 Å². The summed E-state index contributed by atoms with van der Waals surface area (Å²) in [5.41, 5.74) is 4.31. The highest BCUT2D eigenvalue weighted by Gasteiger charge is 2.18. The highest BCUT2D eigenvalue weighted by Crippen LogP contribution is 2.33. The van der Waals surface area contributed by atoms with E-state index in [0.717, 1.165) is 49.5 Å². The number of nitrogens with zero attached hydrogens (tertiary/aromatic N) is 3. The molecule has 6 rings (SSSR count). The molecule has 5 nitrogen and oxygen atoms in total. The van der Waals surface area contributed by atoms with Crippen molar-refractivity contribution < 1.29 is 4.42 Å². The number of fused-ring (bicyclic) bond motifs is 3. The first-order chi connectivity index (χ1) is 17.2. The van der Waals surface area contributed by atoms with E-state index in [0.29, 0.717) is 11.3 Å². The zero-order chi connectivity index (χ0) is 23.8. The van der Waals surface area contributed by atoms with Gasteiger partial charge in [-0.05, 0) is 47.5 Å². The van der Waals surface area contributed by atoms with Gasteiger partial charge in [-0.3, -0.25) is 4.57 Å². The van der Waals surface area contributed by atoms with E-state index in [4.69, 9.17) is 4.42 Å². The third-order valence-corrected chi connectivity index (χ3v) is 6.97. The third-order valence-electron chi connectivity index (χ3n) is 6.00. The molecule has 0 amide bonds. The molecule has 6 aromatic rings. The summed E-state index contributed by atoms with van der Waals surface area (Å²) in [6.45, 7) is 2.07. The number of thioether (sulfide) groups is 1. The van der Waals surface area contributed by atoms with E-state index in [1.165, 1.54) is 0 Å². The van der Waals surface area contributed by atoms with Crippen molar-refractivity contribution in [1.82, 2.24) is 14.8 Å². The van der Waals surface area contributed by atoms with Crippen LogP contribution in [0.15, 0.2) is 111 Å². The van der Waals surface area contributed by atoms with E-state index in [1.54, 1.807) is 17.8 Å². The van der Waals surface area contributed by atoms with Gasteiger partial charge in [0.25, 0.3) is 0 Å². The smallest absolute Gasteiger partial charge is 0.336 e. The van der Waals surface area contributed by atoms with Crippen LogP contribution in [0.4, 0.5) is 0 Å². The summed E-state index contributed by atoms with van der Waals surface area (Å²) in [5.74, 6) is 1.33. The predicted octanol–water partition coefficient (Wildman–Crippen LogP) is 6.79. The fourth-order valence-corrected chi connectivity index (χ4v) is 5.35. The topological polar surface area (TPSA) is 60.9 Å². The van der Waals surface area contributed by atoms with Crippen LogP contribution in [-0.4, -0.2) is 14.8 Å². The minimum atomic E-state index is -0.353. The average molecular weight is 476 g/mol. The SMILES string of the molecule is Cc1cccc(-c2nnc(SCc3cc(=O)oc4ccc5ccccc5c34)n2-c2ccccc2)c1. The van der Waals surface area contributed by atoms with E-state index in [1.807, 2.05) is 66.7 Å². The van der Waals surface area contributed by atoms with Crippen molar-refractivity contribution in [3.05, 3.63) is 119 Å². The molecule has 4 aromatic carbocycles. The second-order valence-electron chi connectivity index (χ2n) is 8.39. The Kier molecular flexibility index (Phi) is 5.43. The van der Waals surface area contributed by atoms with Crippen molar-refractivity contribution in [3.63, 3.8) is 0 Å². The van der Waals surface area contributed by atoms with Crippen LogP contribution in [-0.2, 0) is 5.75 Å². The normalized spacial score (nSPS) is 11.3. The van der Waals surface area contributed by atoms with E-state index >= 15 is 0 Å². The monoisotopic (exact) mass is 475 g/mol. The van der Waals surface area contributed by atoms with Gasteiger partial charge < -0.3 is 4.42 Å². The summed E-state index contributed by atoms with van der Waals surface area (Å²) in [6.07, 6.45) is 0. The zero-order valence-corrected chi connectivity index (χ0v) is 19.8. The number of aromatic nitrogens is 3. The van der Waals surface area contributed by atoms with Gasteiger partial charge >= 0.3 is 5.63 Å². The van der Waals surface area contributed by atoms with E-state index in [-0.39, 0.29) is 5.63 Å². The Morgan fingerprint density at radius 2 is 1.69 bits per heavy atom. The standard InChI is InChI=1S/C29H21N3O2S/c1-19-8-7-10-21(16-19)28-30-31-29(32(28)23-11-3-2-4-12-23)35-18-22-17-26(33)34-25-15-14-20-9-5-6-13-24(20)27(22)25/h2-17H,18H2,1H3. The first kappa shape index (κ1) is 21.4. The largest absolute Gasteiger partial charge is 0.423 e. The van der Waals surface area contributed by atoms with Crippen LogP contribution < -0.4 is 5.63 Å². The maximum atomic E-state index is 12.4. The average Bonchev–Trinajstić information content (AvgIpc) is 3.31. The molecule has 0 spiro atoms. The van der Waals surface area contributed by atoms with E-state index in [2.05, 4.69) is 46.0 Å². The number of aryl methyl sites for hydroxylation is 1. The molecule has 35 heavy (non-hydrogen) atoms. The highest BCUT2D eigenvalue weighted by molar-refractivity contribution is 7.98. The fourth-order valence-electron chi connectivity index (χ4n) is 4.42. The summed E-state index contributed by atoms with van der Waals surface area (Å²) < 4.78 is 7.61. The van der Waals surface area contributed by atoms with Gasteiger partial charge in [-0.2, -0.15) is 0 Å². The molecule has 0 saturated carbocycles. The molecule has 0 saturated heterocycles. The summed E-state index contributed by atoms with van der Waals surface area (Å²) >= 11 is 1.56. The maximum absolute atomic E-state index is 12.4. The first-order valence-corrected chi connectivity index (χ1v) is 12.3. The second-order valence-corrected chi connectivity index (χ2v) is 9.33. The fraction of sp³-hybridized carbons (Fsp3) is 0.0690. The lowest BCUT2D eigenvalue weighted by molar-refractivity contribution is 0.560. The van der Waals surface area contributed by atoms with Crippen molar-refractivity contribution in [2.75, 3.05) is 0 Å². The van der Waals surface area contributed by atoms with Crippen LogP contribution in [0, 0.1) is 6.92 Å². The Morgan fingerprint density at radius 1 is 0.857 bits per heavy atom. The van der Waals surface area contributed by atoms with Gasteiger partial charge in [0.1, 0.15) is 5.58 Å². The summed E-state index contributed by atoms with van der Waals surface area (Å²) in [7, 11) is 0. The van der Waals surface area contributed by atoms with Crippen LogP contribution in [0.2, 0.25) is 0 Å². The minimum Gasteiger partial charge on any atom is -0.423 e. The van der Waals surface area contributed by atoms with Gasteiger partial charge in [-0.1, -0.05) is 84.1 Å². The molecule has 6 heteroatoms. The Labute approximate surface area is 206 Å². The Balaban J connectivity index is 1.46. The molecule has 0 atom stereocenters. The first-order valence-electron chi connectivity index (χ1n) is 11.3. The van der Waals surface area contributed by atoms with Crippen LogP contribution in [0.25, 0.3) is 38.8 Å². The van der Waals surface area contributed by atoms with E-state index in [9.17, 15) is 4.79 Å². The van der Waals surface area contributed by atoms with Crippen molar-refractivity contribution in [2.24, 2.45) is 0 Å². The summed E-state index contributed by atoms with van der Waals surface area (Å²) in [4.78, 5) is 12.4. The molecule has 170 valence electrons. The van der Waals surface area contributed by atoms with Crippen molar-refractivity contribution in [1.29, 1.82) is 0 Å². The van der Waals surface area contributed by atoms with Crippen LogP contribution in [0.5, 0.6) is 0 Å². The maximum Gasteiger partial charge on any atom is 0.336 e. The molecule has 0 radical (unpaired) electrons. The summed E-state index contributed by atoms with van der Waals surface area (Å²) in [6, 6.07) is 31.9. The molecule has 0 bridgehead atoms. The van der Waals surface area contributed by atoms with Gasteiger partial charge in [0.15, 0.2) is 11.0 Å². The molecular formula is C29H21N3O2S. The molecule has 0 aliphatic carbocycles. The number of benzene rings is 4. The lowest BCUT2D eigenvalue weighted by Gasteiger charge is -2.12. The molecule has 2 heterocycles. The van der Waals surface area contributed by atoms with Gasteiger partial charge in [0.2, 0.25) is 0 Å². The number of hydrogen-bond acceptors (Lipinski definition) is 5. The van der Waals surface area contributed by atoms with Crippen molar-refractivity contribution in [2.45, 2.75) is 17.8 Å². The molecular weight excluding hydrogens is 454 g/mol. The van der Waals surface area contributed by atoms with Crippen molar-refractivity contribution in [3.8, 4) is 17.1 Å². The van der Waals surface area contributed by atoms with Gasteiger partial charge in [0, 0.05) is 28.5 Å². The lowest BCUT2D eigenvalue weighted by Crippen LogP contribution is -2.02. The van der Waals surface area contributed by atoms with Crippen molar-refractivity contribution >= 4 is 33.5 Å². The zero-order valence-electron chi connectivity index (χ0n) is 19.0. The Bertz CT molecular complexity index is 1740. The lowest BCUT2D eigenvalue weighted by atomic mass is 10.0. The van der Waals surface area contributed by atoms with Crippen LogP contribution >= 0.6 is 11.8 Å². The quantitative estimate of drug-likeness (QED) is 0.156. The molecule has 0 unspecified atom stereocenters. The number of hydrogen-bond donors (Lipinski definition) is 0. The molecule has 2 aromatic heterocycles. The molecule has 0 aliphatic heterocycles. The third kappa shape index (κ3) is 4.02. The predicted molar refractivity (Wildman–Crippen MR) is 141 cm³/mol. The minimum absolute atomic E-state index is 0.353. The highest BCUT2D eigenvalue weighted by atomic mass is 32.2. The van der Waals surface area contributed by atoms with Gasteiger partial charge in [-0.25, -0.2) is 4.79 Å². The molecule has 0 fully saturated rings. The Hall–Kier alpha value is -4.16. The number of para-hydroxylation sites is 1. The summed E-state index contributed by atoms with van der Waals surface area (Å²) in [5, 5.41) is 13.0. The molecule has 0 aliphatic rings. The Morgan fingerprint density at radius 3 is 2.54 bits per heavy atom.